The number of morpholine rings is 1. The monoisotopic (exact) mass is 292 g/mol. The SMILES string of the molecule is O=C(Nc1ccccc1N1CCOCC1)C1CCSC1. The highest BCUT2D eigenvalue weighted by Gasteiger charge is 2.24. The van der Waals surface area contributed by atoms with Crippen LogP contribution in [0.3, 0.4) is 0 Å². The van der Waals surface area contributed by atoms with Gasteiger partial charge in [0.25, 0.3) is 0 Å². The van der Waals surface area contributed by atoms with E-state index in [1.807, 2.05) is 30.0 Å². The Labute approximate surface area is 123 Å². The normalized spacial score (nSPS) is 22.8. The van der Waals surface area contributed by atoms with Crippen LogP contribution in [-0.4, -0.2) is 43.7 Å². The van der Waals surface area contributed by atoms with Crippen molar-refractivity contribution in [2.24, 2.45) is 5.92 Å². The van der Waals surface area contributed by atoms with E-state index in [0.29, 0.717) is 0 Å². The molecule has 0 radical (unpaired) electrons. The van der Waals surface area contributed by atoms with Crippen LogP contribution in [0.1, 0.15) is 6.42 Å². The van der Waals surface area contributed by atoms with Gasteiger partial charge in [0.15, 0.2) is 0 Å². The number of para-hydroxylation sites is 2. The van der Waals surface area contributed by atoms with Crippen molar-refractivity contribution in [1.82, 2.24) is 0 Å². The van der Waals surface area contributed by atoms with E-state index >= 15 is 0 Å². The first-order valence-electron chi connectivity index (χ1n) is 7.15. The van der Waals surface area contributed by atoms with Gasteiger partial charge in [-0.1, -0.05) is 12.1 Å². The van der Waals surface area contributed by atoms with Gasteiger partial charge in [0.1, 0.15) is 0 Å². The van der Waals surface area contributed by atoms with Gasteiger partial charge in [-0.3, -0.25) is 4.79 Å². The van der Waals surface area contributed by atoms with Crippen molar-refractivity contribution in [2.75, 3.05) is 48.0 Å². The van der Waals surface area contributed by atoms with Gasteiger partial charge in [-0.15, -0.1) is 0 Å². The molecule has 1 aromatic rings. The third-order valence-corrected chi connectivity index (χ3v) is 4.98. The summed E-state index contributed by atoms with van der Waals surface area (Å²) in [4.78, 5) is 14.6. The zero-order valence-corrected chi connectivity index (χ0v) is 12.3. The van der Waals surface area contributed by atoms with Gasteiger partial charge in [-0.25, -0.2) is 0 Å². The standard InChI is InChI=1S/C15H20N2O2S/c18-15(12-5-10-20-11-12)16-13-3-1-2-4-14(13)17-6-8-19-9-7-17/h1-4,12H,5-11H2,(H,16,18). The van der Waals surface area contributed by atoms with Crippen LogP contribution in [0.15, 0.2) is 24.3 Å². The fourth-order valence-electron chi connectivity index (χ4n) is 2.64. The average Bonchev–Trinajstić information content (AvgIpc) is 3.03. The molecule has 1 N–H and O–H groups in total. The fourth-order valence-corrected chi connectivity index (χ4v) is 3.86. The molecule has 0 aliphatic carbocycles. The number of ether oxygens (including phenoxy) is 1. The maximum absolute atomic E-state index is 12.3. The summed E-state index contributed by atoms with van der Waals surface area (Å²) < 4.78 is 5.39. The lowest BCUT2D eigenvalue weighted by atomic mass is 10.1. The lowest BCUT2D eigenvalue weighted by molar-refractivity contribution is -0.119. The Kier molecular flexibility index (Phi) is 4.47. The van der Waals surface area contributed by atoms with Gasteiger partial charge >= 0.3 is 0 Å². The molecule has 20 heavy (non-hydrogen) atoms. The molecule has 0 aromatic heterocycles. The molecule has 0 saturated carbocycles. The van der Waals surface area contributed by atoms with E-state index < -0.39 is 0 Å². The predicted octanol–water partition coefficient (Wildman–Crippen LogP) is 2.21. The van der Waals surface area contributed by atoms with Gasteiger partial charge in [-0.05, 0) is 24.3 Å². The Bertz CT molecular complexity index is 469. The number of carbonyl (C=O) groups is 1. The number of thioether (sulfide) groups is 1. The third-order valence-electron chi connectivity index (χ3n) is 3.81. The van der Waals surface area contributed by atoms with Crippen LogP contribution < -0.4 is 10.2 Å². The summed E-state index contributed by atoms with van der Waals surface area (Å²) in [7, 11) is 0. The third kappa shape index (κ3) is 3.10. The van der Waals surface area contributed by atoms with Gasteiger partial charge in [-0.2, -0.15) is 11.8 Å². The van der Waals surface area contributed by atoms with E-state index in [1.165, 1.54) is 0 Å². The molecule has 5 heteroatoms. The second kappa shape index (κ2) is 6.50. The molecule has 1 amide bonds. The van der Waals surface area contributed by atoms with E-state index in [2.05, 4.69) is 16.3 Å². The van der Waals surface area contributed by atoms with E-state index in [4.69, 9.17) is 4.74 Å². The summed E-state index contributed by atoms with van der Waals surface area (Å²) in [5.74, 6) is 2.38. The number of benzene rings is 1. The van der Waals surface area contributed by atoms with Gasteiger partial charge < -0.3 is 15.0 Å². The molecular weight excluding hydrogens is 272 g/mol. The number of rotatable bonds is 3. The molecule has 2 saturated heterocycles. The van der Waals surface area contributed by atoms with E-state index in [-0.39, 0.29) is 11.8 Å². The summed E-state index contributed by atoms with van der Waals surface area (Å²) in [5.41, 5.74) is 2.03. The lowest BCUT2D eigenvalue weighted by Gasteiger charge is -2.30. The summed E-state index contributed by atoms with van der Waals surface area (Å²) in [5, 5.41) is 3.12. The first-order chi connectivity index (χ1) is 9.84. The van der Waals surface area contributed by atoms with E-state index in [0.717, 1.165) is 55.6 Å². The molecule has 0 spiro atoms. The molecular formula is C15H20N2O2S. The van der Waals surface area contributed by atoms with Crippen molar-refractivity contribution in [3.63, 3.8) is 0 Å². The molecule has 1 atom stereocenters. The Morgan fingerprint density at radius 1 is 1.30 bits per heavy atom. The van der Waals surface area contributed by atoms with Crippen LogP contribution in [0, 0.1) is 5.92 Å². The van der Waals surface area contributed by atoms with Crippen LogP contribution >= 0.6 is 11.8 Å². The van der Waals surface area contributed by atoms with Crippen LogP contribution in [0.4, 0.5) is 11.4 Å². The van der Waals surface area contributed by atoms with Crippen molar-refractivity contribution in [3.05, 3.63) is 24.3 Å². The number of amides is 1. The molecule has 2 aliphatic heterocycles. The molecule has 2 aliphatic rings. The van der Waals surface area contributed by atoms with E-state index in [1.54, 1.807) is 0 Å². The largest absolute Gasteiger partial charge is 0.378 e. The highest BCUT2D eigenvalue weighted by Crippen LogP contribution is 2.29. The second-order valence-corrected chi connectivity index (χ2v) is 6.32. The molecule has 1 aromatic carbocycles. The first kappa shape index (κ1) is 13.8. The highest BCUT2D eigenvalue weighted by atomic mass is 32.2. The second-order valence-electron chi connectivity index (χ2n) is 5.17. The molecule has 1 unspecified atom stereocenters. The maximum Gasteiger partial charge on any atom is 0.228 e. The van der Waals surface area contributed by atoms with Crippen molar-refractivity contribution in [3.8, 4) is 0 Å². The van der Waals surface area contributed by atoms with Gasteiger partial charge in [0.2, 0.25) is 5.91 Å². The number of hydrogen-bond donors (Lipinski definition) is 1. The molecule has 3 rings (SSSR count). The minimum absolute atomic E-state index is 0.163. The van der Waals surface area contributed by atoms with Crippen LogP contribution in [0.25, 0.3) is 0 Å². The number of anilines is 2. The summed E-state index contributed by atoms with van der Waals surface area (Å²) in [6, 6.07) is 8.06. The number of nitrogens with one attached hydrogen (secondary N) is 1. The molecule has 2 heterocycles. The quantitative estimate of drug-likeness (QED) is 0.927. The number of hydrogen-bond acceptors (Lipinski definition) is 4. The minimum Gasteiger partial charge on any atom is -0.378 e. The van der Waals surface area contributed by atoms with Crippen molar-refractivity contribution in [1.29, 1.82) is 0 Å². The molecule has 4 nitrogen and oxygen atoms in total. The Morgan fingerprint density at radius 2 is 2.10 bits per heavy atom. The Morgan fingerprint density at radius 3 is 2.85 bits per heavy atom. The zero-order chi connectivity index (χ0) is 13.8. The summed E-state index contributed by atoms with van der Waals surface area (Å²) in [6.45, 7) is 3.27. The average molecular weight is 292 g/mol. The Hall–Kier alpha value is -1.20. The van der Waals surface area contributed by atoms with Gasteiger partial charge in [0.05, 0.1) is 24.6 Å². The summed E-state index contributed by atoms with van der Waals surface area (Å²) >= 11 is 1.87. The van der Waals surface area contributed by atoms with Gasteiger partial charge in [0, 0.05) is 24.8 Å². The molecule has 108 valence electrons. The minimum atomic E-state index is 0.163. The molecule has 2 fully saturated rings. The first-order valence-corrected chi connectivity index (χ1v) is 8.30. The van der Waals surface area contributed by atoms with Crippen molar-refractivity contribution in [2.45, 2.75) is 6.42 Å². The topological polar surface area (TPSA) is 41.6 Å². The van der Waals surface area contributed by atoms with Crippen LogP contribution in [0.2, 0.25) is 0 Å². The van der Waals surface area contributed by atoms with Crippen molar-refractivity contribution >= 4 is 29.0 Å². The molecule has 0 bridgehead atoms. The fraction of sp³-hybridized carbons (Fsp3) is 0.533. The highest BCUT2D eigenvalue weighted by molar-refractivity contribution is 7.99. The summed E-state index contributed by atoms with van der Waals surface area (Å²) in [6.07, 6.45) is 0.996. The zero-order valence-electron chi connectivity index (χ0n) is 11.5. The van der Waals surface area contributed by atoms with Crippen molar-refractivity contribution < 1.29 is 9.53 Å². The maximum atomic E-state index is 12.3. The van der Waals surface area contributed by atoms with E-state index in [9.17, 15) is 4.79 Å². The van der Waals surface area contributed by atoms with Crippen LogP contribution in [0.5, 0.6) is 0 Å². The predicted molar refractivity (Wildman–Crippen MR) is 83.5 cm³/mol. The lowest BCUT2D eigenvalue weighted by Crippen LogP contribution is -2.37. The number of carbonyl (C=O) groups excluding carboxylic acids is 1. The smallest absolute Gasteiger partial charge is 0.228 e. The number of nitrogens with zero attached hydrogens (tertiary/aromatic N) is 1. The van der Waals surface area contributed by atoms with Crippen LogP contribution in [-0.2, 0) is 9.53 Å². The Balaban J connectivity index is 1.73.